The normalized spacial score (nSPS) is 28.1. The minimum absolute atomic E-state index is 0. The Labute approximate surface area is 161 Å². The molecule has 0 aromatic heterocycles. The maximum atomic E-state index is 11.1. The summed E-state index contributed by atoms with van der Waals surface area (Å²) in [5.74, 6) is -4.12. The summed E-state index contributed by atoms with van der Waals surface area (Å²) in [5, 5.41) is 22.3. The molecule has 0 amide bonds. The number of hydrogen-bond acceptors (Lipinski definition) is 8. The van der Waals surface area contributed by atoms with Crippen molar-refractivity contribution < 1.29 is 38.9 Å². The molecule has 0 fully saturated rings. The second-order valence-electron chi connectivity index (χ2n) is 5.50. The first-order valence-corrected chi connectivity index (χ1v) is 7.17. The first kappa shape index (κ1) is 23.4. The van der Waals surface area contributed by atoms with Crippen LogP contribution in [0.4, 0.5) is 0 Å². The molecule has 0 aromatic rings. The molecule has 0 spiro atoms. The van der Waals surface area contributed by atoms with Gasteiger partial charge in [0.05, 0.1) is 11.5 Å². The monoisotopic (exact) mass is 362 g/mol. The van der Waals surface area contributed by atoms with Crippen molar-refractivity contribution in [1.29, 1.82) is 0 Å². The van der Waals surface area contributed by atoms with Crippen molar-refractivity contribution in [2.75, 3.05) is 0 Å². The van der Waals surface area contributed by atoms with Crippen molar-refractivity contribution in [2.24, 2.45) is 11.8 Å². The molecular weight excluding hydrogens is 344 g/mol. The first-order valence-electron chi connectivity index (χ1n) is 7.17. The van der Waals surface area contributed by atoms with Crippen molar-refractivity contribution in [3.63, 3.8) is 0 Å². The Morgan fingerprint density at radius 2 is 1.12 bits per heavy atom. The van der Waals surface area contributed by atoms with Crippen molar-refractivity contribution in [1.82, 2.24) is 0 Å². The Balaban J connectivity index is 0.000000443. The number of carbonyl (C=O) groups is 4. The summed E-state index contributed by atoms with van der Waals surface area (Å²) >= 11 is 0. The number of Topliss-reactive ketones (excluding diaryl/α,β-unsaturated/α-hetero) is 2. The van der Waals surface area contributed by atoms with Gasteiger partial charge in [-0.1, -0.05) is 24.4 Å². The number of ketones is 2. The Hall–Kier alpha value is -1.55. The molecule has 4 unspecified atom stereocenters. The fraction of sp³-hybridized carbons (Fsp3) is 0.500. The molecule has 0 saturated carbocycles. The molecule has 2 aliphatic rings. The van der Waals surface area contributed by atoms with Gasteiger partial charge in [0.25, 0.3) is 0 Å². The van der Waals surface area contributed by atoms with Gasteiger partial charge in [-0.15, -0.1) is 0 Å². The Bertz CT molecular complexity index is 568. The quantitative estimate of drug-likeness (QED) is 0.325. The zero-order valence-electron chi connectivity index (χ0n) is 14.4. The number of allylic oxidation sites excluding steroid dienone is 2. The molecule has 25 heavy (non-hydrogen) atoms. The van der Waals surface area contributed by atoms with Gasteiger partial charge in [0, 0.05) is 0 Å². The van der Waals surface area contributed by atoms with Crippen LogP contribution >= 0.6 is 0 Å². The van der Waals surface area contributed by atoms with Gasteiger partial charge in [-0.2, -0.15) is 0 Å². The standard InChI is InChI=1S/2C8H9O4.Mg/c2*1-4-3-6(10)7(5(2)9)8(11)12-4;/h2*3,6-7H,1-2H3;/q2*-1;+2. The summed E-state index contributed by atoms with van der Waals surface area (Å²) < 4.78 is 9.26. The molecule has 2 heterocycles. The SMILES string of the molecule is CC(=O)C1C(=O)OC(C)=CC1[O-].CC(=O)C1C(=O)OC(C)=CC1[O-].[Mg+2]. The van der Waals surface area contributed by atoms with Crippen LogP contribution in [0.3, 0.4) is 0 Å². The third-order valence-corrected chi connectivity index (χ3v) is 3.36. The number of cyclic esters (lactones) is 2. The van der Waals surface area contributed by atoms with E-state index in [4.69, 9.17) is 0 Å². The topological polar surface area (TPSA) is 133 Å². The van der Waals surface area contributed by atoms with Crippen LogP contribution in [0.2, 0.25) is 0 Å². The smallest absolute Gasteiger partial charge is 0.848 e. The summed E-state index contributed by atoms with van der Waals surface area (Å²) in [5.41, 5.74) is 0. The zero-order chi connectivity index (χ0) is 18.6. The maximum Gasteiger partial charge on any atom is 2.00 e. The van der Waals surface area contributed by atoms with Crippen LogP contribution in [0.5, 0.6) is 0 Å². The Morgan fingerprint density at radius 1 is 0.840 bits per heavy atom. The molecule has 0 radical (unpaired) electrons. The maximum absolute atomic E-state index is 11.1. The molecule has 0 N–H and O–H groups in total. The van der Waals surface area contributed by atoms with Gasteiger partial charge in [-0.05, 0) is 27.7 Å². The van der Waals surface area contributed by atoms with Crippen LogP contribution in [0.25, 0.3) is 0 Å². The molecule has 8 nitrogen and oxygen atoms in total. The molecule has 9 heteroatoms. The molecule has 2 rings (SSSR count). The predicted octanol–water partition coefficient (Wildman–Crippen LogP) is -1.62. The van der Waals surface area contributed by atoms with E-state index in [0.29, 0.717) is 0 Å². The largest absolute Gasteiger partial charge is 2.00 e. The van der Waals surface area contributed by atoms with Crippen LogP contribution in [0, 0.1) is 11.8 Å². The van der Waals surface area contributed by atoms with Crippen molar-refractivity contribution in [3.05, 3.63) is 23.7 Å². The fourth-order valence-corrected chi connectivity index (χ4v) is 2.23. The van der Waals surface area contributed by atoms with E-state index in [1.165, 1.54) is 39.8 Å². The fourth-order valence-electron chi connectivity index (χ4n) is 2.23. The third-order valence-electron chi connectivity index (χ3n) is 3.36. The van der Waals surface area contributed by atoms with Crippen molar-refractivity contribution in [3.8, 4) is 0 Å². The van der Waals surface area contributed by atoms with E-state index < -0.39 is 47.5 Å². The molecule has 2 aliphatic heterocycles. The van der Waals surface area contributed by atoms with Gasteiger partial charge in [0.1, 0.15) is 23.4 Å². The van der Waals surface area contributed by atoms with Crippen LogP contribution < -0.4 is 10.2 Å². The third kappa shape index (κ3) is 6.35. The molecule has 0 saturated heterocycles. The summed E-state index contributed by atoms with van der Waals surface area (Å²) in [4.78, 5) is 43.5. The van der Waals surface area contributed by atoms with Gasteiger partial charge in [-0.25, -0.2) is 0 Å². The molecule has 0 aromatic carbocycles. The second kappa shape index (κ2) is 9.81. The minimum atomic E-state index is -1.29. The zero-order valence-corrected chi connectivity index (χ0v) is 15.9. The van der Waals surface area contributed by atoms with E-state index in [1.807, 2.05) is 0 Å². The summed E-state index contributed by atoms with van der Waals surface area (Å²) in [7, 11) is 0. The minimum Gasteiger partial charge on any atom is -0.848 e. The Morgan fingerprint density at radius 3 is 1.32 bits per heavy atom. The number of hydrogen-bond donors (Lipinski definition) is 0. The first-order chi connectivity index (χ1) is 11.0. The van der Waals surface area contributed by atoms with Crippen LogP contribution in [0.15, 0.2) is 23.7 Å². The van der Waals surface area contributed by atoms with Crippen LogP contribution in [-0.2, 0) is 28.7 Å². The van der Waals surface area contributed by atoms with Crippen LogP contribution in [-0.4, -0.2) is 58.8 Å². The number of esters is 2. The van der Waals surface area contributed by atoms with E-state index in [1.54, 1.807) is 0 Å². The van der Waals surface area contributed by atoms with Gasteiger partial charge in [0.15, 0.2) is 0 Å². The molecule has 132 valence electrons. The van der Waals surface area contributed by atoms with E-state index in [9.17, 15) is 29.4 Å². The molecule has 0 aliphatic carbocycles. The van der Waals surface area contributed by atoms with Gasteiger partial charge in [0.2, 0.25) is 0 Å². The second-order valence-corrected chi connectivity index (χ2v) is 5.50. The summed E-state index contributed by atoms with van der Waals surface area (Å²) in [6, 6.07) is 0. The number of carbonyl (C=O) groups excluding carboxylic acids is 4. The number of ether oxygens (including phenoxy) is 2. The summed E-state index contributed by atoms with van der Waals surface area (Å²) in [6.45, 7) is 5.45. The molecule has 0 bridgehead atoms. The Kier molecular flexibility index (Phi) is 9.20. The van der Waals surface area contributed by atoms with Gasteiger partial charge in [-0.3, -0.25) is 19.2 Å². The van der Waals surface area contributed by atoms with Crippen LogP contribution in [0.1, 0.15) is 27.7 Å². The number of rotatable bonds is 2. The average molecular weight is 363 g/mol. The van der Waals surface area contributed by atoms with Gasteiger partial charge < -0.3 is 19.7 Å². The van der Waals surface area contributed by atoms with Gasteiger partial charge >= 0.3 is 35.0 Å². The van der Waals surface area contributed by atoms with E-state index >= 15 is 0 Å². The van der Waals surface area contributed by atoms with Crippen molar-refractivity contribution in [2.45, 2.75) is 39.9 Å². The molecule has 4 atom stereocenters. The molecular formula is C16H18MgO8. The average Bonchev–Trinajstić information content (AvgIpc) is 2.35. The van der Waals surface area contributed by atoms with E-state index in [2.05, 4.69) is 9.47 Å². The van der Waals surface area contributed by atoms with Crippen molar-refractivity contribution >= 4 is 46.6 Å². The van der Waals surface area contributed by atoms with E-state index in [0.717, 1.165) is 0 Å². The summed E-state index contributed by atoms with van der Waals surface area (Å²) in [6.07, 6.45) is -0.0894. The van der Waals surface area contributed by atoms with E-state index in [-0.39, 0.29) is 34.6 Å². The predicted molar refractivity (Wildman–Crippen MR) is 81.4 cm³/mol.